The molecular weight excluding hydrogens is 500 g/mol. The van der Waals surface area contributed by atoms with E-state index >= 15 is 0 Å². The van der Waals surface area contributed by atoms with E-state index < -0.39 is 39.7 Å². The predicted octanol–water partition coefficient (Wildman–Crippen LogP) is 2.04. The zero-order valence-electron chi connectivity index (χ0n) is 19.2. The number of hydrazine groups is 1. The number of nitro groups is 2. The third kappa shape index (κ3) is 5.63. The molecule has 1 aliphatic rings. The number of carbonyl (C=O) groups is 2. The molecular formula is C23H18N8O7. The molecule has 1 saturated heterocycles. The van der Waals surface area contributed by atoms with Gasteiger partial charge in [-0.1, -0.05) is 12.1 Å². The Bertz CT molecular complexity index is 1460. The maximum atomic E-state index is 12.7. The van der Waals surface area contributed by atoms with Crippen molar-refractivity contribution in [2.75, 3.05) is 0 Å². The standard InChI is InChI=1S/C23H18N8O7/c24-21-19(27-29-23(33)15-4-2-6-17(12-15)31(36)37)18(20(38-21)13-7-9-25-10-8-13)26-28-22(32)14-3-1-5-16(11-14)30(34)35/h1-12,18,20,24,26H,(H,28,32)(H,29,33)/b24-21?,27-19-/t18-,20+/m1/s1. The minimum atomic E-state index is -0.988. The number of hydrogen-bond donors (Lipinski definition) is 4. The summed E-state index contributed by atoms with van der Waals surface area (Å²) in [6.45, 7) is 0. The number of rotatable bonds is 8. The van der Waals surface area contributed by atoms with E-state index in [4.69, 9.17) is 10.1 Å². The van der Waals surface area contributed by atoms with Crippen molar-refractivity contribution in [2.24, 2.45) is 5.10 Å². The molecule has 15 heteroatoms. The van der Waals surface area contributed by atoms with Crippen molar-refractivity contribution >= 4 is 34.8 Å². The van der Waals surface area contributed by atoms with Gasteiger partial charge in [0, 0.05) is 47.8 Å². The molecule has 2 heterocycles. The van der Waals surface area contributed by atoms with Crippen molar-refractivity contribution in [3.05, 3.63) is 110 Å². The third-order valence-corrected chi connectivity index (χ3v) is 5.37. The van der Waals surface area contributed by atoms with Crippen LogP contribution in [0.1, 0.15) is 32.4 Å². The summed E-state index contributed by atoms with van der Waals surface area (Å²) in [4.78, 5) is 49.9. The molecule has 0 spiro atoms. The van der Waals surface area contributed by atoms with Gasteiger partial charge in [0.2, 0.25) is 5.90 Å². The number of non-ortho nitro benzene ring substituents is 2. The Kier molecular flexibility index (Phi) is 7.39. The molecule has 15 nitrogen and oxygen atoms in total. The van der Waals surface area contributed by atoms with Gasteiger partial charge in [-0.15, -0.1) is 0 Å². The SMILES string of the molecule is N=C1O[C@@H](c2ccncc2)[C@H](NNC(=O)c2cccc([N+](=O)[O-])c2)/C1=N/NC(=O)c1cccc([N+](=O)[O-])c1. The van der Waals surface area contributed by atoms with Gasteiger partial charge in [0.05, 0.1) is 9.85 Å². The summed E-state index contributed by atoms with van der Waals surface area (Å²) >= 11 is 0. The molecule has 0 aliphatic carbocycles. The fourth-order valence-corrected chi connectivity index (χ4v) is 3.53. The summed E-state index contributed by atoms with van der Waals surface area (Å²) in [5, 5.41) is 34.3. The molecule has 3 aromatic rings. The Morgan fingerprint density at radius 3 is 2.08 bits per heavy atom. The van der Waals surface area contributed by atoms with Crippen LogP contribution in [-0.2, 0) is 4.74 Å². The van der Waals surface area contributed by atoms with E-state index in [0.717, 1.165) is 12.1 Å². The highest BCUT2D eigenvalue weighted by Gasteiger charge is 2.41. The molecule has 2 amide bonds. The normalized spacial score (nSPS) is 17.5. The average Bonchev–Trinajstić information content (AvgIpc) is 3.25. The maximum absolute atomic E-state index is 12.7. The number of nitrogens with one attached hydrogen (secondary N) is 4. The molecule has 0 radical (unpaired) electrons. The highest BCUT2D eigenvalue weighted by Crippen LogP contribution is 2.28. The van der Waals surface area contributed by atoms with E-state index in [-0.39, 0.29) is 28.2 Å². The summed E-state index contributed by atoms with van der Waals surface area (Å²) in [6.07, 6.45) is 2.13. The highest BCUT2D eigenvalue weighted by atomic mass is 16.6. The molecule has 4 rings (SSSR count). The molecule has 4 N–H and O–H groups in total. The lowest BCUT2D eigenvalue weighted by atomic mass is 10.0. The molecule has 1 aromatic heterocycles. The van der Waals surface area contributed by atoms with Crippen LogP contribution in [0.25, 0.3) is 0 Å². The van der Waals surface area contributed by atoms with Gasteiger partial charge in [0.1, 0.15) is 17.9 Å². The van der Waals surface area contributed by atoms with Crippen LogP contribution in [0.3, 0.4) is 0 Å². The topological polar surface area (TPSA) is 215 Å². The monoisotopic (exact) mass is 518 g/mol. The zero-order chi connectivity index (χ0) is 27.2. The minimum absolute atomic E-state index is 0.00128. The van der Waals surface area contributed by atoms with E-state index in [1.807, 2.05) is 0 Å². The number of hydrazone groups is 1. The summed E-state index contributed by atoms with van der Waals surface area (Å²) in [7, 11) is 0. The number of benzene rings is 2. The molecule has 192 valence electrons. The van der Waals surface area contributed by atoms with Gasteiger partial charge in [-0.05, 0) is 29.8 Å². The number of amides is 2. The Labute approximate surface area is 213 Å². The van der Waals surface area contributed by atoms with Crippen LogP contribution in [0.5, 0.6) is 0 Å². The Hall–Kier alpha value is -5.57. The number of ether oxygens (including phenoxy) is 1. The van der Waals surface area contributed by atoms with E-state index in [1.165, 1.54) is 48.8 Å². The lowest BCUT2D eigenvalue weighted by Crippen LogP contribution is -2.49. The predicted molar refractivity (Wildman–Crippen MR) is 131 cm³/mol. The minimum Gasteiger partial charge on any atom is -0.466 e. The van der Waals surface area contributed by atoms with Crippen molar-refractivity contribution in [3.63, 3.8) is 0 Å². The first kappa shape index (κ1) is 25.5. The molecule has 0 unspecified atom stereocenters. The highest BCUT2D eigenvalue weighted by molar-refractivity contribution is 6.41. The van der Waals surface area contributed by atoms with Crippen LogP contribution in [0.2, 0.25) is 0 Å². The molecule has 2 atom stereocenters. The third-order valence-electron chi connectivity index (χ3n) is 5.37. The first-order valence-corrected chi connectivity index (χ1v) is 10.8. The van der Waals surface area contributed by atoms with E-state index in [9.17, 15) is 29.8 Å². The summed E-state index contributed by atoms with van der Waals surface area (Å²) in [5.74, 6) is -1.89. The summed E-state index contributed by atoms with van der Waals surface area (Å²) < 4.78 is 5.63. The molecule has 0 bridgehead atoms. The van der Waals surface area contributed by atoms with Gasteiger partial charge in [0.25, 0.3) is 23.2 Å². The van der Waals surface area contributed by atoms with Crippen molar-refractivity contribution < 1.29 is 24.2 Å². The largest absolute Gasteiger partial charge is 0.466 e. The van der Waals surface area contributed by atoms with Gasteiger partial charge in [-0.2, -0.15) is 5.10 Å². The van der Waals surface area contributed by atoms with Gasteiger partial charge in [-0.3, -0.25) is 45.6 Å². The van der Waals surface area contributed by atoms with Crippen molar-refractivity contribution in [1.82, 2.24) is 21.3 Å². The first-order valence-electron chi connectivity index (χ1n) is 10.8. The fourth-order valence-electron chi connectivity index (χ4n) is 3.53. The van der Waals surface area contributed by atoms with Gasteiger partial charge in [0.15, 0.2) is 0 Å². The molecule has 2 aromatic carbocycles. The van der Waals surface area contributed by atoms with E-state index in [2.05, 4.69) is 26.4 Å². The average molecular weight is 518 g/mol. The molecule has 0 saturated carbocycles. The Balaban J connectivity index is 1.57. The smallest absolute Gasteiger partial charge is 0.271 e. The van der Waals surface area contributed by atoms with Gasteiger partial charge >= 0.3 is 0 Å². The van der Waals surface area contributed by atoms with Crippen molar-refractivity contribution in [1.29, 1.82) is 5.41 Å². The second-order valence-electron chi connectivity index (χ2n) is 7.78. The Morgan fingerprint density at radius 2 is 1.50 bits per heavy atom. The second-order valence-corrected chi connectivity index (χ2v) is 7.78. The van der Waals surface area contributed by atoms with Gasteiger partial charge < -0.3 is 4.74 Å². The van der Waals surface area contributed by atoms with Crippen LogP contribution < -0.4 is 16.3 Å². The first-order chi connectivity index (χ1) is 18.2. The van der Waals surface area contributed by atoms with Crippen LogP contribution >= 0.6 is 0 Å². The second kappa shape index (κ2) is 11.0. The molecule has 1 aliphatic heterocycles. The number of aromatic nitrogens is 1. The van der Waals surface area contributed by atoms with Gasteiger partial charge in [-0.25, -0.2) is 10.9 Å². The van der Waals surface area contributed by atoms with Crippen LogP contribution in [-0.4, -0.2) is 44.3 Å². The van der Waals surface area contributed by atoms with Crippen LogP contribution in [0.15, 0.2) is 78.2 Å². The quantitative estimate of drug-likeness (QED) is 0.253. The molecule has 38 heavy (non-hydrogen) atoms. The number of carbonyl (C=O) groups excluding carboxylic acids is 2. The summed E-state index contributed by atoms with van der Waals surface area (Å²) in [6, 6.07) is 12.3. The lowest BCUT2D eigenvalue weighted by Gasteiger charge is -2.19. The Morgan fingerprint density at radius 1 is 0.921 bits per heavy atom. The number of pyridine rings is 1. The number of nitro benzene ring substituents is 2. The zero-order valence-corrected chi connectivity index (χ0v) is 19.2. The van der Waals surface area contributed by atoms with E-state index in [1.54, 1.807) is 12.1 Å². The van der Waals surface area contributed by atoms with Crippen molar-refractivity contribution in [2.45, 2.75) is 12.1 Å². The summed E-state index contributed by atoms with van der Waals surface area (Å²) in [5.41, 5.74) is 7.26. The number of nitrogens with zero attached hydrogens (tertiary/aromatic N) is 4. The lowest BCUT2D eigenvalue weighted by molar-refractivity contribution is -0.385. The number of hydrogen-bond acceptors (Lipinski definition) is 11. The fraction of sp³-hybridized carbons (Fsp3) is 0.0870. The molecule has 1 fully saturated rings. The van der Waals surface area contributed by atoms with Crippen molar-refractivity contribution in [3.8, 4) is 0 Å². The van der Waals surface area contributed by atoms with Crippen LogP contribution in [0, 0.1) is 25.6 Å². The maximum Gasteiger partial charge on any atom is 0.271 e. The van der Waals surface area contributed by atoms with Crippen LogP contribution in [0.4, 0.5) is 11.4 Å². The van der Waals surface area contributed by atoms with E-state index in [0.29, 0.717) is 5.56 Å².